The Morgan fingerprint density at radius 3 is 2.15 bits per heavy atom. The van der Waals surface area contributed by atoms with Crippen LogP contribution in [-0.2, 0) is 32.0 Å². The highest BCUT2D eigenvalue weighted by Crippen LogP contribution is 2.47. The minimum Gasteiger partial charge on any atom is -0.469 e. The number of anilines is 1. The molecule has 3 aliphatic rings. The van der Waals surface area contributed by atoms with Crippen LogP contribution in [0.1, 0.15) is 43.2 Å². The van der Waals surface area contributed by atoms with Crippen LogP contribution in [0.4, 0.5) is 10.5 Å². The van der Waals surface area contributed by atoms with Crippen LogP contribution in [0.2, 0.25) is 0 Å². The molecule has 39 heavy (non-hydrogen) atoms. The number of methoxy groups -OCH3 is 3. The molecule has 5 rings (SSSR count). The molecule has 3 aliphatic heterocycles. The molecule has 0 radical (unpaired) electrons. The summed E-state index contributed by atoms with van der Waals surface area (Å²) in [5.41, 5.74) is 3.46. The Bertz CT molecular complexity index is 1050. The SMILES string of the molecule is COC(=O)CCc1ccc(NC(=O)N(CCC23CC[N+](Cc4ccccc4)(CC2)CC3)CC(OC)OC)cc1. The number of nitrogens with zero attached hydrogens (tertiary/aromatic N) is 2. The molecule has 0 aliphatic carbocycles. The Labute approximate surface area is 232 Å². The number of hydrogen-bond acceptors (Lipinski definition) is 5. The molecule has 2 amide bonds. The van der Waals surface area contributed by atoms with Gasteiger partial charge in [0.1, 0.15) is 6.54 Å². The zero-order valence-electron chi connectivity index (χ0n) is 23.7. The van der Waals surface area contributed by atoms with Crippen molar-refractivity contribution in [1.29, 1.82) is 0 Å². The van der Waals surface area contributed by atoms with Crippen molar-refractivity contribution in [3.63, 3.8) is 0 Å². The molecular weight excluding hydrogens is 494 g/mol. The van der Waals surface area contributed by atoms with Gasteiger partial charge in [0, 0.05) is 57.7 Å². The quantitative estimate of drug-likeness (QED) is 0.224. The van der Waals surface area contributed by atoms with E-state index in [0.29, 0.717) is 31.3 Å². The molecule has 212 valence electrons. The van der Waals surface area contributed by atoms with Crippen molar-refractivity contribution in [3.05, 3.63) is 65.7 Å². The van der Waals surface area contributed by atoms with Crippen LogP contribution in [-0.4, -0.2) is 81.7 Å². The van der Waals surface area contributed by atoms with Gasteiger partial charge in [0.2, 0.25) is 0 Å². The van der Waals surface area contributed by atoms with E-state index < -0.39 is 6.29 Å². The summed E-state index contributed by atoms with van der Waals surface area (Å²) in [5.74, 6) is -0.231. The lowest BCUT2D eigenvalue weighted by Crippen LogP contribution is -2.61. The van der Waals surface area contributed by atoms with Gasteiger partial charge in [-0.15, -0.1) is 0 Å². The van der Waals surface area contributed by atoms with Gasteiger partial charge in [0.05, 0.1) is 33.3 Å². The van der Waals surface area contributed by atoms with E-state index in [1.165, 1.54) is 56.1 Å². The number of rotatable bonds is 13. The summed E-state index contributed by atoms with van der Waals surface area (Å²) >= 11 is 0. The zero-order chi connectivity index (χ0) is 27.7. The number of amides is 2. The van der Waals surface area contributed by atoms with E-state index in [4.69, 9.17) is 14.2 Å². The molecule has 2 aromatic carbocycles. The maximum absolute atomic E-state index is 13.4. The number of nitrogens with one attached hydrogen (secondary N) is 1. The van der Waals surface area contributed by atoms with Crippen molar-refractivity contribution in [2.45, 2.75) is 51.4 Å². The molecule has 8 nitrogen and oxygen atoms in total. The van der Waals surface area contributed by atoms with Crippen LogP contribution in [0.3, 0.4) is 0 Å². The van der Waals surface area contributed by atoms with Gasteiger partial charge in [0.25, 0.3) is 0 Å². The lowest BCUT2D eigenvalue weighted by molar-refractivity contribution is -0.957. The Morgan fingerprint density at radius 2 is 1.56 bits per heavy atom. The maximum atomic E-state index is 13.4. The first-order valence-electron chi connectivity index (χ1n) is 14.0. The molecule has 1 N–H and O–H groups in total. The highest BCUT2D eigenvalue weighted by atomic mass is 16.7. The van der Waals surface area contributed by atoms with E-state index in [1.54, 1.807) is 14.2 Å². The summed E-state index contributed by atoms with van der Waals surface area (Å²) < 4.78 is 16.8. The molecule has 3 heterocycles. The number of esters is 1. The number of aryl methyl sites for hydroxylation is 1. The minimum atomic E-state index is -0.484. The second-order valence-electron chi connectivity index (χ2n) is 11.2. The van der Waals surface area contributed by atoms with Crippen molar-refractivity contribution in [2.24, 2.45) is 5.41 Å². The molecule has 0 saturated carbocycles. The molecule has 2 aromatic rings. The highest BCUT2D eigenvalue weighted by Gasteiger charge is 2.48. The van der Waals surface area contributed by atoms with Crippen LogP contribution >= 0.6 is 0 Å². The summed E-state index contributed by atoms with van der Waals surface area (Å²) in [6, 6.07) is 18.3. The summed E-state index contributed by atoms with van der Waals surface area (Å²) in [5, 5.41) is 3.04. The molecule has 3 saturated heterocycles. The third-order valence-corrected chi connectivity index (χ3v) is 8.86. The monoisotopic (exact) mass is 538 g/mol. The number of benzene rings is 2. The summed E-state index contributed by atoms with van der Waals surface area (Å²) in [4.78, 5) is 26.6. The van der Waals surface area contributed by atoms with Gasteiger partial charge >= 0.3 is 12.0 Å². The molecule has 0 atom stereocenters. The zero-order valence-corrected chi connectivity index (χ0v) is 23.7. The fraction of sp³-hybridized carbons (Fsp3) is 0.548. The first kappa shape index (κ1) is 29.1. The molecule has 8 heteroatoms. The van der Waals surface area contributed by atoms with E-state index in [-0.39, 0.29) is 12.0 Å². The van der Waals surface area contributed by atoms with Crippen molar-refractivity contribution < 1.29 is 28.3 Å². The van der Waals surface area contributed by atoms with E-state index in [9.17, 15) is 9.59 Å². The standard InChI is InChI=1S/C31H43N3O5/c1-37-28(35)14-11-25-9-12-27(13-10-25)32-30(36)33(23-29(38-2)39-3)19-15-31-16-20-34(21-17-31,22-18-31)24-26-7-5-4-6-8-26/h4-10,12-13,29H,11,14-24H2,1-3H3/p+1. The number of quaternary nitrogens is 1. The number of hydrogen-bond donors (Lipinski definition) is 1. The van der Waals surface area contributed by atoms with Gasteiger partial charge in [-0.25, -0.2) is 4.79 Å². The molecule has 0 unspecified atom stereocenters. The molecule has 0 spiro atoms. The van der Waals surface area contributed by atoms with Gasteiger partial charge in [-0.2, -0.15) is 0 Å². The van der Waals surface area contributed by atoms with Crippen molar-refractivity contribution >= 4 is 17.7 Å². The summed E-state index contributed by atoms with van der Waals surface area (Å²) in [6.07, 6.45) is 5.06. The first-order valence-corrected chi connectivity index (χ1v) is 14.0. The average molecular weight is 539 g/mol. The third-order valence-electron chi connectivity index (χ3n) is 8.86. The average Bonchev–Trinajstić information content (AvgIpc) is 2.98. The Morgan fingerprint density at radius 1 is 0.923 bits per heavy atom. The number of urea groups is 1. The summed E-state index contributed by atoms with van der Waals surface area (Å²) in [7, 11) is 4.59. The lowest BCUT2D eigenvalue weighted by atomic mass is 9.68. The van der Waals surface area contributed by atoms with Crippen molar-refractivity contribution in [3.8, 4) is 0 Å². The fourth-order valence-electron chi connectivity index (χ4n) is 6.10. The van der Waals surface area contributed by atoms with Gasteiger partial charge in [0.15, 0.2) is 6.29 Å². The number of fused-ring (bicyclic) bond motifs is 3. The molecular formula is C31H44N3O5+. The molecule has 2 bridgehead atoms. The molecule has 0 aromatic heterocycles. The minimum absolute atomic E-state index is 0.159. The second kappa shape index (κ2) is 13.4. The Kier molecular flexibility index (Phi) is 9.99. The highest BCUT2D eigenvalue weighted by molar-refractivity contribution is 5.89. The third kappa shape index (κ3) is 7.81. The largest absolute Gasteiger partial charge is 0.469 e. The van der Waals surface area contributed by atoms with Gasteiger partial charge < -0.3 is 28.9 Å². The predicted molar refractivity (Wildman–Crippen MR) is 151 cm³/mol. The van der Waals surface area contributed by atoms with E-state index in [1.807, 2.05) is 29.2 Å². The normalized spacial score (nSPS) is 22.1. The topological polar surface area (TPSA) is 77.1 Å². The number of ether oxygens (including phenoxy) is 3. The number of carbonyl (C=O) groups excluding carboxylic acids is 2. The predicted octanol–water partition coefficient (Wildman–Crippen LogP) is 4.84. The summed E-state index contributed by atoms with van der Waals surface area (Å²) in [6.45, 7) is 5.77. The fourth-order valence-corrected chi connectivity index (χ4v) is 6.10. The van der Waals surface area contributed by atoms with Crippen molar-refractivity contribution in [2.75, 3.05) is 59.4 Å². The van der Waals surface area contributed by atoms with Crippen LogP contribution in [0.15, 0.2) is 54.6 Å². The Hall–Kier alpha value is -2.94. The van der Waals surface area contributed by atoms with Gasteiger partial charge in [-0.1, -0.05) is 42.5 Å². The first-order chi connectivity index (χ1) is 18.9. The smallest absolute Gasteiger partial charge is 0.322 e. The molecule has 3 fully saturated rings. The van der Waals surface area contributed by atoms with Gasteiger partial charge in [-0.05, 0) is 36.0 Å². The van der Waals surface area contributed by atoms with E-state index >= 15 is 0 Å². The number of piperidine rings is 3. The van der Waals surface area contributed by atoms with Crippen LogP contribution < -0.4 is 5.32 Å². The van der Waals surface area contributed by atoms with Crippen molar-refractivity contribution in [1.82, 2.24) is 4.90 Å². The Balaban J connectivity index is 1.34. The van der Waals surface area contributed by atoms with Crippen LogP contribution in [0, 0.1) is 5.41 Å². The van der Waals surface area contributed by atoms with E-state index in [0.717, 1.165) is 24.2 Å². The lowest BCUT2D eigenvalue weighted by Gasteiger charge is -2.55. The maximum Gasteiger partial charge on any atom is 0.322 e. The second-order valence-corrected chi connectivity index (χ2v) is 11.2. The van der Waals surface area contributed by atoms with Crippen LogP contribution in [0.25, 0.3) is 0 Å². The van der Waals surface area contributed by atoms with Crippen LogP contribution in [0.5, 0.6) is 0 Å². The number of carbonyl (C=O) groups is 2. The van der Waals surface area contributed by atoms with E-state index in [2.05, 4.69) is 35.6 Å². The van der Waals surface area contributed by atoms with Gasteiger partial charge in [-0.3, -0.25) is 4.79 Å².